The van der Waals surface area contributed by atoms with Crippen LogP contribution in [0.5, 0.6) is 0 Å². The summed E-state index contributed by atoms with van der Waals surface area (Å²) in [6.07, 6.45) is 15.2. The average molecular weight is 306 g/mol. The minimum Gasteiger partial charge on any atom is -0.380 e. The number of unbranched alkanes of at least 4 members (excludes halogenated alkanes) is 9. The zero-order valence-electron chi connectivity index (χ0n) is 13.6. The van der Waals surface area contributed by atoms with Crippen LogP contribution in [0, 0.1) is 0 Å². The van der Waals surface area contributed by atoms with Gasteiger partial charge in [-0.25, -0.2) is 0 Å². The molecule has 0 aliphatic heterocycles. The van der Waals surface area contributed by atoms with Gasteiger partial charge < -0.3 is 10.1 Å². The normalized spacial score (nSPS) is 11.1. The fourth-order valence-electron chi connectivity index (χ4n) is 2.32. The third-order valence-electron chi connectivity index (χ3n) is 3.57. The molecule has 0 aromatic heterocycles. The zero-order valence-corrected chi connectivity index (χ0v) is 14.4. The van der Waals surface area contributed by atoms with Crippen LogP contribution in [0.15, 0.2) is 0 Å². The summed E-state index contributed by atoms with van der Waals surface area (Å²) in [7, 11) is 0. The Morgan fingerprint density at radius 3 is 1.85 bits per heavy atom. The van der Waals surface area contributed by atoms with E-state index in [2.05, 4.69) is 12.2 Å². The minimum atomic E-state index is 0.603. The van der Waals surface area contributed by atoms with Crippen LogP contribution in [0.3, 0.4) is 0 Å². The van der Waals surface area contributed by atoms with Crippen LogP contribution in [0.2, 0.25) is 0 Å². The van der Waals surface area contributed by atoms with Crippen LogP contribution in [-0.4, -0.2) is 32.2 Å². The highest BCUT2D eigenvalue weighted by atomic mass is 35.5. The van der Waals surface area contributed by atoms with Crippen LogP contribution in [0.4, 0.5) is 0 Å². The lowest BCUT2D eigenvalue weighted by Gasteiger charge is -2.05. The third kappa shape index (κ3) is 18.2. The van der Waals surface area contributed by atoms with E-state index in [1.165, 1.54) is 64.2 Å². The molecule has 20 heavy (non-hydrogen) atoms. The van der Waals surface area contributed by atoms with Crippen LogP contribution in [0.25, 0.3) is 0 Å². The summed E-state index contributed by atoms with van der Waals surface area (Å²) in [5, 5.41) is 3.47. The standard InChI is InChI=1S/C17H36ClNO/c1-2-3-4-5-6-7-8-9-10-11-14-19-15-12-16-20-17-13-18/h19H,2-17H2,1H3. The van der Waals surface area contributed by atoms with Gasteiger partial charge in [0, 0.05) is 12.5 Å². The Morgan fingerprint density at radius 2 is 1.25 bits per heavy atom. The Labute approximate surface area is 132 Å². The zero-order chi connectivity index (χ0) is 14.7. The van der Waals surface area contributed by atoms with E-state index >= 15 is 0 Å². The molecule has 0 aliphatic carbocycles. The molecular weight excluding hydrogens is 270 g/mol. The van der Waals surface area contributed by atoms with Gasteiger partial charge in [-0.15, -0.1) is 11.6 Å². The van der Waals surface area contributed by atoms with Crippen molar-refractivity contribution < 1.29 is 4.74 Å². The number of nitrogens with one attached hydrogen (secondary N) is 1. The van der Waals surface area contributed by atoms with E-state index < -0.39 is 0 Å². The van der Waals surface area contributed by atoms with E-state index in [4.69, 9.17) is 16.3 Å². The first-order chi connectivity index (χ1) is 9.91. The second-order valence-electron chi connectivity index (χ2n) is 5.59. The molecule has 0 aliphatic rings. The quantitative estimate of drug-likeness (QED) is 0.297. The fourth-order valence-corrected chi connectivity index (χ4v) is 2.43. The first-order valence-corrected chi connectivity index (χ1v) is 9.29. The molecule has 0 amide bonds. The number of alkyl halides is 1. The molecule has 122 valence electrons. The molecule has 0 heterocycles. The van der Waals surface area contributed by atoms with Crippen molar-refractivity contribution in [2.45, 2.75) is 77.6 Å². The van der Waals surface area contributed by atoms with Crippen LogP contribution < -0.4 is 5.32 Å². The summed E-state index contributed by atoms with van der Waals surface area (Å²) < 4.78 is 5.32. The van der Waals surface area contributed by atoms with Gasteiger partial charge in [0.05, 0.1) is 6.61 Å². The second-order valence-corrected chi connectivity index (χ2v) is 5.96. The molecule has 0 spiro atoms. The highest BCUT2D eigenvalue weighted by molar-refractivity contribution is 6.17. The van der Waals surface area contributed by atoms with Gasteiger partial charge in [-0.3, -0.25) is 0 Å². The number of rotatable bonds is 17. The van der Waals surface area contributed by atoms with E-state index in [-0.39, 0.29) is 0 Å². The van der Waals surface area contributed by atoms with Crippen LogP contribution >= 0.6 is 11.6 Å². The predicted molar refractivity (Wildman–Crippen MR) is 90.9 cm³/mol. The van der Waals surface area contributed by atoms with Gasteiger partial charge in [0.15, 0.2) is 0 Å². The van der Waals surface area contributed by atoms with Gasteiger partial charge in [0.1, 0.15) is 0 Å². The minimum absolute atomic E-state index is 0.603. The van der Waals surface area contributed by atoms with Gasteiger partial charge in [0.2, 0.25) is 0 Å². The van der Waals surface area contributed by atoms with Crippen molar-refractivity contribution in [3.05, 3.63) is 0 Å². The van der Waals surface area contributed by atoms with E-state index in [9.17, 15) is 0 Å². The van der Waals surface area contributed by atoms with Crippen LogP contribution in [0.1, 0.15) is 77.6 Å². The van der Waals surface area contributed by atoms with Crippen molar-refractivity contribution in [1.82, 2.24) is 5.32 Å². The van der Waals surface area contributed by atoms with Gasteiger partial charge in [0.25, 0.3) is 0 Å². The highest BCUT2D eigenvalue weighted by Crippen LogP contribution is 2.10. The molecule has 0 saturated heterocycles. The van der Waals surface area contributed by atoms with Crippen LogP contribution in [-0.2, 0) is 4.74 Å². The van der Waals surface area contributed by atoms with Crippen molar-refractivity contribution in [2.75, 3.05) is 32.2 Å². The summed E-state index contributed by atoms with van der Waals surface area (Å²) in [6, 6.07) is 0. The van der Waals surface area contributed by atoms with Crippen molar-refractivity contribution in [3.8, 4) is 0 Å². The Balaban J connectivity index is 2.89. The first-order valence-electron chi connectivity index (χ1n) is 8.76. The largest absolute Gasteiger partial charge is 0.380 e. The molecule has 2 nitrogen and oxygen atoms in total. The topological polar surface area (TPSA) is 21.3 Å². The molecule has 0 aromatic rings. The fraction of sp³-hybridized carbons (Fsp3) is 1.00. The lowest BCUT2D eigenvalue weighted by Crippen LogP contribution is -2.18. The smallest absolute Gasteiger partial charge is 0.0601 e. The van der Waals surface area contributed by atoms with Gasteiger partial charge in [-0.05, 0) is 25.9 Å². The number of hydrogen-bond donors (Lipinski definition) is 1. The molecule has 0 bridgehead atoms. The maximum absolute atomic E-state index is 5.53. The molecule has 0 rings (SSSR count). The SMILES string of the molecule is CCCCCCCCCCCCNCCCOCCCl. The molecule has 3 heteroatoms. The molecule has 0 fully saturated rings. The summed E-state index contributed by atoms with van der Waals surface area (Å²) >= 11 is 5.53. The van der Waals surface area contributed by atoms with E-state index in [1.54, 1.807) is 0 Å². The highest BCUT2D eigenvalue weighted by Gasteiger charge is 1.93. The monoisotopic (exact) mass is 305 g/mol. The first kappa shape index (κ1) is 20.2. The summed E-state index contributed by atoms with van der Waals surface area (Å²) in [5.41, 5.74) is 0. The Hall–Kier alpha value is 0.210. The van der Waals surface area contributed by atoms with E-state index in [0.717, 1.165) is 26.1 Å². The number of hydrogen-bond acceptors (Lipinski definition) is 2. The Bertz CT molecular complexity index is 149. The molecule has 0 unspecified atom stereocenters. The van der Waals surface area contributed by atoms with Gasteiger partial charge >= 0.3 is 0 Å². The maximum Gasteiger partial charge on any atom is 0.0601 e. The second kappa shape index (κ2) is 19.2. The summed E-state index contributed by atoms with van der Waals surface area (Å²) in [5.74, 6) is 0.603. The number of halogens is 1. The third-order valence-corrected chi connectivity index (χ3v) is 3.73. The molecular formula is C17H36ClNO. The van der Waals surface area contributed by atoms with E-state index in [1.807, 2.05) is 0 Å². The molecule has 0 radical (unpaired) electrons. The van der Waals surface area contributed by atoms with Crippen molar-refractivity contribution in [1.29, 1.82) is 0 Å². The lowest BCUT2D eigenvalue weighted by atomic mass is 10.1. The predicted octanol–water partition coefficient (Wildman–Crippen LogP) is 5.14. The Kier molecular flexibility index (Phi) is 19.4. The lowest BCUT2D eigenvalue weighted by molar-refractivity contribution is 0.146. The van der Waals surface area contributed by atoms with Crippen molar-refractivity contribution in [3.63, 3.8) is 0 Å². The summed E-state index contributed by atoms with van der Waals surface area (Å²) in [4.78, 5) is 0. The van der Waals surface area contributed by atoms with E-state index in [0.29, 0.717) is 12.5 Å². The average Bonchev–Trinajstić information content (AvgIpc) is 2.47. The molecule has 0 aromatic carbocycles. The van der Waals surface area contributed by atoms with Gasteiger partial charge in [-0.1, -0.05) is 64.7 Å². The summed E-state index contributed by atoms with van der Waals surface area (Å²) in [6.45, 7) is 6.02. The number of ether oxygens (including phenoxy) is 1. The molecule has 0 atom stereocenters. The van der Waals surface area contributed by atoms with Crippen molar-refractivity contribution >= 4 is 11.6 Å². The van der Waals surface area contributed by atoms with Crippen molar-refractivity contribution in [2.24, 2.45) is 0 Å². The van der Waals surface area contributed by atoms with Gasteiger partial charge in [-0.2, -0.15) is 0 Å². The Morgan fingerprint density at radius 1 is 0.700 bits per heavy atom. The maximum atomic E-state index is 5.53. The molecule has 0 saturated carbocycles. The molecule has 1 N–H and O–H groups in total.